The van der Waals surface area contributed by atoms with Crippen molar-refractivity contribution >= 4 is 11.6 Å². The van der Waals surface area contributed by atoms with E-state index in [1.165, 1.54) is 5.56 Å². The zero-order valence-corrected chi connectivity index (χ0v) is 11.5. The predicted molar refractivity (Wildman–Crippen MR) is 76.2 cm³/mol. The maximum Gasteiger partial charge on any atom is 0.249 e. The molecule has 0 saturated carbocycles. The van der Waals surface area contributed by atoms with Gasteiger partial charge in [-0.05, 0) is 28.2 Å². The summed E-state index contributed by atoms with van der Waals surface area (Å²) in [5.41, 5.74) is 3.05. The Morgan fingerprint density at radius 3 is 2.11 bits per heavy atom. The zero-order chi connectivity index (χ0) is 13.3. The molecule has 0 fully saturated rings. The number of aromatic amines is 1. The molecule has 18 heavy (non-hydrogen) atoms. The Kier molecular flexibility index (Phi) is 3.31. The van der Waals surface area contributed by atoms with Gasteiger partial charge in [0.15, 0.2) is 0 Å². The number of H-pyrrole nitrogens is 1. The number of benzene rings is 1. The summed E-state index contributed by atoms with van der Waals surface area (Å²) in [6, 6.07) is 11.5. The van der Waals surface area contributed by atoms with Crippen LogP contribution >= 0.6 is 11.6 Å². The van der Waals surface area contributed by atoms with Crippen molar-refractivity contribution in [2.75, 3.05) is 0 Å². The predicted octanol–water partition coefficient (Wildman–Crippen LogP) is 3.99. The summed E-state index contributed by atoms with van der Waals surface area (Å²) in [5, 5.41) is 0.359. The number of hydrogen-bond acceptors (Lipinski definition) is 1. The van der Waals surface area contributed by atoms with Crippen molar-refractivity contribution in [3.8, 4) is 11.1 Å². The smallest absolute Gasteiger partial charge is 0.249 e. The normalized spacial score (nSPS) is 11.6. The van der Waals surface area contributed by atoms with E-state index in [1.54, 1.807) is 12.1 Å². The van der Waals surface area contributed by atoms with E-state index < -0.39 is 0 Å². The highest BCUT2D eigenvalue weighted by Crippen LogP contribution is 2.26. The van der Waals surface area contributed by atoms with Gasteiger partial charge in [-0.2, -0.15) is 0 Å². The summed E-state index contributed by atoms with van der Waals surface area (Å²) in [7, 11) is 0. The Morgan fingerprint density at radius 2 is 1.61 bits per heavy atom. The summed E-state index contributed by atoms with van der Waals surface area (Å²) in [5.74, 6) is 0. The van der Waals surface area contributed by atoms with Crippen LogP contribution in [0.4, 0.5) is 0 Å². The minimum atomic E-state index is -0.183. The Morgan fingerprint density at radius 1 is 1.00 bits per heavy atom. The molecule has 0 aliphatic carbocycles. The number of halogens is 1. The van der Waals surface area contributed by atoms with E-state index >= 15 is 0 Å². The molecule has 1 aromatic carbocycles. The molecule has 0 unspecified atom stereocenters. The quantitative estimate of drug-likeness (QED) is 0.774. The van der Waals surface area contributed by atoms with Crippen LogP contribution in [0.2, 0.25) is 5.15 Å². The van der Waals surface area contributed by atoms with Gasteiger partial charge >= 0.3 is 0 Å². The fraction of sp³-hybridized carbons (Fsp3) is 0.267. The van der Waals surface area contributed by atoms with Gasteiger partial charge in [-0.25, -0.2) is 0 Å². The van der Waals surface area contributed by atoms with Crippen LogP contribution in [-0.4, -0.2) is 4.98 Å². The van der Waals surface area contributed by atoms with E-state index in [-0.39, 0.29) is 11.0 Å². The van der Waals surface area contributed by atoms with Gasteiger partial charge in [0.1, 0.15) is 5.15 Å². The maximum atomic E-state index is 11.4. The third-order valence-electron chi connectivity index (χ3n) is 2.90. The minimum absolute atomic E-state index is 0.129. The van der Waals surface area contributed by atoms with Gasteiger partial charge in [0.25, 0.3) is 0 Å². The Balaban J connectivity index is 2.43. The molecular formula is C15H16ClNO. The fourth-order valence-corrected chi connectivity index (χ4v) is 2.05. The molecule has 0 bridgehead atoms. The van der Waals surface area contributed by atoms with Gasteiger partial charge < -0.3 is 4.98 Å². The Bertz CT molecular complexity index is 606. The van der Waals surface area contributed by atoms with Crippen LogP contribution in [0, 0.1) is 0 Å². The van der Waals surface area contributed by atoms with Crippen molar-refractivity contribution in [3.63, 3.8) is 0 Å². The highest BCUT2D eigenvalue weighted by molar-refractivity contribution is 6.29. The molecular weight excluding hydrogens is 246 g/mol. The van der Waals surface area contributed by atoms with Crippen molar-refractivity contribution < 1.29 is 0 Å². The molecule has 0 radical (unpaired) electrons. The Hall–Kier alpha value is -1.54. The third kappa shape index (κ3) is 2.82. The molecule has 2 rings (SSSR count). The molecule has 0 amide bonds. The second-order valence-electron chi connectivity index (χ2n) is 5.41. The number of pyridine rings is 1. The van der Waals surface area contributed by atoms with Crippen molar-refractivity contribution in [1.82, 2.24) is 4.98 Å². The van der Waals surface area contributed by atoms with Gasteiger partial charge in [-0.1, -0.05) is 56.6 Å². The lowest BCUT2D eigenvalue weighted by Gasteiger charge is -2.19. The second-order valence-corrected chi connectivity index (χ2v) is 5.82. The van der Waals surface area contributed by atoms with Crippen LogP contribution in [0.5, 0.6) is 0 Å². The van der Waals surface area contributed by atoms with Crippen LogP contribution in [0.25, 0.3) is 11.1 Å². The fourth-order valence-electron chi connectivity index (χ4n) is 1.84. The van der Waals surface area contributed by atoms with E-state index in [0.717, 1.165) is 11.1 Å². The lowest BCUT2D eigenvalue weighted by atomic mass is 9.86. The number of hydrogen-bond donors (Lipinski definition) is 1. The van der Waals surface area contributed by atoms with Crippen molar-refractivity contribution in [1.29, 1.82) is 0 Å². The first-order valence-electron chi connectivity index (χ1n) is 5.87. The van der Waals surface area contributed by atoms with Crippen LogP contribution in [0.3, 0.4) is 0 Å². The molecule has 0 spiro atoms. The van der Waals surface area contributed by atoms with Gasteiger partial charge in [0.05, 0.1) is 0 Å². The molecule has 2 aromatic rings. The molecule has 0 saturated heterocycles. The molecule has 1 heterocycles. The SMILES string of the molecule is CC(C)(C)c1ccc(-c2cc(Cl)[nH]c(=O)c2)cc1. The van der Waals surface area contributed by atoms with Gasteiger partial charge in [-0.15, -0.1) is 0 Å². The second kappa shape index (κ2) is 4.62. The standard InChI is InChI=1S/C15H16ClNO/c1-15(2,3)12-6-4-10(5-7-12)11-8-13(16)17-14(18)9-11/h4-9H,1-3H3,(H,17,18). The first kappa shape index (κ1) is 12.9. The van der Waals surface area contributed by atoms with Gasteiger partial charge in [0.2, 0.25) is 5.56 Å². The monoisotopic (exact) mass is 261 g/mol. The van der Waals surface area contributed by atoms with E-state index in [4.69, 9.17) is 11.6 Å². The first-order valence-corrected chi connectivity index (χ1v) is 6.25. The number of nitrogens with one attached hydrogen (secondary N) is 1. The average molecular weight is 262 g/mol. The Labute approximate surface area is 112 Å². The zero-order valence-electron chi connectivity index (χ0n) is 10.8. The van der Waals surface area contributed by atoms with Crippen molar-refractivity contribution in [2.45, 2.75) is 26.2 Å². The van der Waals surface area contributed by atoms with Crippen LogP contribution in [0.1, 0.15) is 26.3 Å². The van der Waals surface area contributed by atoms with E-state index in [0.29, 0.717) is 5.15 Å². The molecule has 2 nitrogen and oxygen atoms in total. The maximum absolute atomic E-state index is 11.4. The lowest BCUT2D eigenvalue weighted by molar-refractivity contribution is 0.590. The lowest BCUT2D eigenvalue weighted by Crippen LogP contribution is -2.10. The highest BCUT2D eigenvalue weighted by atomic mass is 35.5. The van der Waals surface area contributed by atoms with Crippen molar-refractivity contribution in [2.24, 2.45) is 0 Å². The van der Waals surface area contributed by atoms with E-state index in [9.17, 15) is 4.79 Å². The molecule has 0 atom stereocenters. The minimum Gasteiger partial charge on any atom is -0.313 e. The van der Waals surface area contributed by atoms with Gasteiger partial charge in [0, 0.05) is 6.07 Å². The average Bonchev–Trinajstić information content (AvgIpc) is 2.27. The number of aromatic nitrogens is 1. The van der Waals surface area contributed by atoms with Gasteiger partial charge in [-0.3, -0.25) is 4.79 Å². The van der Waals surface area contributed by atoms with Crippen LogP contribution in [0.15, 0.2) is 41.2 Å². The number of rotatable bonds is 1. The molecule has 1 aromatic heterocycles. The largest absolute Gasteiger partial charge is 0.313 e. The third-order valence-corrected chi connectivity index (χ3v) is 3.10. The highest BCUT2D eigenvalue weighted by Gasteiger charge is 2.13. The summed E-state index contributed by atoms with van der Waals surface area (Å²) < 4.78 is 0. The molecule has 0 aliphatic heterocycles. The summed E-state index contributed by atoms with van der Waals surface area (Å²) in [6.45, 7) is 6.52. The topological polar surface area (TPSA) is 32.9 Å². The molecule has 94 valence electrons. The summed E-state index contributed by atoms with van der Waals surface area (Å²) in [6.07, 6.45) is 0. The van der Waals surface area contributed by atoms with E-state index in [1.807, 2.05) is 12.1 Å². The van der Waals surface area contributed by atoms with E-state index in [2.05, 4.69) is 37.9 Å². The van der Waals surface area contributed by atoms with Crippen LogP contribution < -0.4 is 5.56 Å². The first-order chi connectivity index (χ1) is 8.36. The molecule has 0 aliphatic rings. The molecule has 1 N–H and O–H groups in total. The summed E-state index contributed by atoms with van der Waals surface area (Å²) in [4.78, 5) is 13.9. The van der Waals surface area contributed by atoms with Crippen molar-refractivity contribution in [3.05, 3.63) is 57.5 Å². The van der Waals surface area contributed by atoms with Crippen LogP contribution in [-0.2, 0) is 5.41 Å². The summed E-state index contributed by atoms with van der Waals surface area (Å²) >= 11 is 5.85. The molecule has 3 heteroatoms.